The van der Waals surface area contributed by atoms with Gasteiger partial charge in [-0.15, -0.1) is 11.3 Å². The van der Waals surface area contributed by atoms with Gasteiger partial charge in [0, 0.05) is 17.6 Å². The second-order valence-corrected chi connectivity index (χ2v) is 5.46. The number of urea groups is 1. The van der Waals surface area contributed by atoms with Gasteiger partial charge in [-0.05, 0) is 24.6 Å². The summed E-state index contributed by atoms with van der Waals surface area (Å²) in [6.45, 7) is 2.28. The van der Waals surface area contributed by atoms with Crippen molar-refractivity contribution in [3.63, 3.8) is 0 Å². The molecule has 0 radical (unpaired) electrons. The predicted molar refractivity (Wildman–Crippen MR) is 78.4 cm³/mol. The molecule has 0 aliphatic heterocycles. The molecule has 2 rings (SSSR count). The molecule has 2 amide bonds. The SMILES string of the molecule is Cc1csc(CNC(=O)NCC(O)c2ccc(F)cc2)n1. The van der Waals surface area contributed by atoms with E-state index in [4.69, 9.17) is 0 Å². The molecule has 1 aromatic heterocycles. The summed E-state index contributed by atoms with van der Waals surface area (Å²) in [5.74, 6) is -0.365. The van der Waals surface area contributed by atoms with Crippen LogP contribution in [0.1, 0.15) is 22.4 Å². The summed E-state index contributed by atoms with van der Waals surface area (Å²) >= 11 is 1.48. The zero-order chi connectivity index (χ0) is 15.2. The first-order chi connectivity index (χ1) is 10.0. The number of nitrogens with one attached hydrogen (secondary N) is 2. The lowest BCUT2D eigenvalue weighted by Gasteiger charge is -2.12. The maximum absolute atomic E-state index is 12.8. The van der Waals surface area contributed by atoms with E-state index in [1.165, 1.54) is 35.6 Å². The van der Waals surface area contributed by atoms with Gasteiger partial charge in [-0.3, -0.25) is 0 Å². The molecule has 112 valence electrons. The normalized spacial score (nSPS) is 12.0. The van der Waals surface area contributed by atoms with Crippen LogP contribution in [0, 0.1) is 12.7 Å². The third kappa shape index (κ3) is 4.80. The fourth-order valence-corrected chi connectivity index (χ4v) is 2.41. The Morgan fingerprint density at radius 1 is 1.38 bits per heavy atom. The number of hydrogen-bond donors (Lipinski definition) is 3. The first kappa shape index (κ1) is 15.4. The number of rotatable bonds is 5. The summed E-state index contributed by atoms with van der Waals surface area (Å²) in [4.78, 5) is 15.8. The Morgan fingerprint density at radius 3 is 2.71 bits per heavy atom. The Bertz CT molecular complexity index is 601. The van der Waals surface area contributed by atoms with Crippen molar-refractivity contribution in [2.45, 2.75) is 19.6 Å². The third-order valence-corrected chi connectivity index (χ3v) is 3.74. The number of amides is 2. The Hall–Kier alpha value is -1.99. The summed E-state index contributed by atoms with van der Waals surface area (Å²) in [5.41, 5.74) is 1.47. The van der Waals surface area contributed by atoms with Crippen molar-refractivity contribution < 1.29 is 14.3 Å². The summed E-state index contributed by atoms with van der Waals surface area (Å²) < 4.78 is 12.8. The molecule has 1 heterocycles. The molecule has 0 spiro atoms. The van der Waals surface area contributed by atoms with Gasteiger partial charge in [0.2, 0.25) is 0 Å². The van der Waals surface area contributed by atoms with Gasteiger partial charge in [-0.25, -0.2) is 14.2 Å². The zero-order valence-corrected chi connectivity index (χ0v) is 12.3. The van der Waals surface area contributed by atoms with Crippen LogP contribution in [0.2, 0.25) is 0 Å². The largest absolute Gasteiger partial charge is 0.387 e. The van der Waals surface area contributed by atoms with E-state index >= 15 is 0 Å². The Morgan fingerprint density at radius 2 is 2.10 bits per heavy atom. The summed E-state index contributed by atoms with van der Waals surface area (Å²) in [6, 6.07) is 5.12. The van der Waals surface area contributed by atoms with E-state index in [-0.39, 0.29) is 18.4 Å². The molecule has 1 unspecified atom stereocenters. The van der Waals surface area contributed by atoms with Gasteiger partial charge in [0.25, 0.3) is 0 Å². The van der Waals surface area contributed by atoms with Gasteiger partial charge in [0.05, 0.1) is 12.6 Å². The van der Waals surface area contributed by atoms with E-state index in [1.807, 2.05) is 12.3 Å². The topological polar surface area (TPSA) is 74.2 Å². The van der Waals surface area contributed by atoms with Crippen molar-refractivity contribution in [1.82, 2.24) is 15.6 Å². The number of thiazole rings is 1. The fourth-order valence-electron chi connectivity index (χ4n) is 1.69. The summed E-state index contributed by atoms with van der Waals surface area (Å²) in [6.07, 6.45) is -0.876. The van der Waals surface area contributed by atoms with Crippen molar-refractivity contribution in [3.8, 4) is 0 Å². The molecular formula is C14H16FN3O2S. The van der Waals surface area contributed by atoms with Crippen LogP contribution < -0.4 is 10.6 Å². The van der Waals surface area contributed by atoms with Crippen LogP contribution in [-0.4, -0.2) is 22.7 Å². The van der Waals surface area contributed by atoms with Crippen LogP contribution in [0.4, 0.5) is 9.18 Å². The molecule has 0 aliphatic carbocycles. The highest BCUT2D eigenvalue weighted by molar-refractivity contribution is 7.09. The first-order valence-corrected chi connectivity index (χ1v) is 7.29. The molecule has 7 heteroatoms. The quantitative estimate of drug-likeness (QED) is 0.792. The molecule has 1 aromatic carbocycles. The number of aliphatic hydroxyl groups is 1. The number of carbonyl (C=O) groups is 1. The lowest BCUT2D eigenvalue weighted by Crippen LogP contribution is -2.37. The van der Waals surface area contributed by atoms with Crippen LogP contribution in [0.25, 0.3) is 0 Å². The summed E-state index contributed by atoms with van der Waals surface area (Å²) in [7, 11) is 0. The molecule has 2 aromatic rings. The van der Waals surface area contributed by atoms with Gasteiger partial charge in [0.1, 0.15) is 10.8 Å². The number of hydrogen-bond acceptors (Lipinski definition) is 4. The Labute approximate surface area is 125 Å². The Balaban J connectivity index is 1.74. The van der Waals surface area contributed by atoms with Crippen molar-refractivity contribution >= 4 is 17.4 Å². The number of aryl methyl sites for hydroxylation is 1. The van der Waals surface area contributed by atoms with Crippen LogP contribution in [0.5, 0.6) is 0 Å². The van der Waals surface area contributed by atoms with Gasteiger partial charge < -0.3 is 15.7 Å². The molecule has 0 saturated heterocycles. The lowest BCUT2D eigenvalue weighted by atomic mass is 10.1. The van der Waals surface area contributed by atoms with E-state index in [0.29, 0.717) is 12.1 Å². The van der Waals surface area contributed by atoms with Crippen LogP contribution in [0.3, 0.4) is 0 Å². The summed E-state index contributed by atoms with van der Waals surface area (Å²) in [5, 5.41) is 17.8. The fraction of sp³-hybridized carbons (Fsp3) is 0.286. The molecule has 1 atom stereocenters. The van der Waals surface area contributed by atoms with Crippen LogP contribution >= 0.6 is 11.3 Å². The molecule has 0 fully saturated rings. The smallest absolute Gasteiger partial charge is 0.315 e. The number of nitrogens with zero attached hydrogens (tertiary/aromatic N) is 1. The van der Waals surface area contributed by atoms with Gasteiger partial charge in [-0.2, -0.15) is 0 Å². The predicted octanol–water partition coefficient (Wildman–Crippen LogP) is 2.12. The van der Waals surface area contributed by atoms with E-state index in [1.54, 1.807) is 0 Å². The van der Waals surface area contributed by atoms with Crippen molar-refractivity contribution in [2.75, 3.05) is 6.54 Å². The molecule has 21 heavy (non-hydrogen) atoms. The number of benzene rings is 1. The van der Waals surface area contributed by atoms with Crippen LogP contribution in [0.15, 0.2) is 29.6 Å². The second kappa shape index (κ2) is 7.14. The minimum atomic E-state index is -0.876. The molecule has 5 nitrogen and oxygen atoms in total. The van der Waals surface area contributed by atoms with Gasteiger partial charge in [-0.1, -0.05) is 12.1 Å². The average Bonchev–Trinajstić information content (AvgIpc) is 2.89. The highest BCUT2D eigenvalue weighted by Crippen LogP contribution is 2.12. The highest BCUT2D eigenvalue weighted by atomic mass is 32.1. The molecule has 0 aliphatic rings. The van der Waals surface area contributed by atoms with Crippen LogP contribution in [-0.2, 0) is 6.54 Å². The molecule has 0 bridgehead atoms. The van der Waals surface area contributed by atoms with E-state index in [2.05, 4.69) is 15.6 Å². The van der Waals surface area contributed by atoms with Crippen molar-refractivity contribution in [1.29, 1.82) is 0 Å². The number of aliphatic hydroxyl groups excluding tert-OH is 1. The highest BCUT2D eigenvalue weighted by Gasteiger charge is 2.09. The molecule has 3 N–H and O–H groups in total. The maximum Gasteiger partial charge on any atom is 0.315 e. The average molecular weight is 309 g/mol. The first-order valence-electron chi connectivity index (χ1n) is 6.41. The monoisotopic (exact) mass is 309 g/mol. The third-order valence-electron chi connectivity index (χ3n) is 2.78. The number of aromatic nitrogens is 1. The van der Waals surface area contributed by atoms with Gasteiger partial charge in [0.15, 0.2) is 0 Å². The minimum absolute atomic E-state index is 0.0500. The maximum atomic E-state index is 12.8. The number of halogens is 1. The minimum Gasteiger partial charge on any atom is -0.387 e. The molecule has 0 saturated carbocycles. The number of carbonyl (C=O) groups excluding carboxylic acids is 1. The van der Waals surface area contributed by atoms with Gasteiger partial charge >= 0.3 is 6.03 Å². The lowest BCUT2D eigenvalue weighted by molar-refractivity contribution is 0.173. The van der Waals surface area contributed by atoms with Crippen molar-refractivity contribution in [3.05, 3.63) is 51.7 Å². The van der Waals surface area contributed by atoms with E-state index in [9.17, 15) is 14.3 Å². The van der Waals surface area contributed by atoms with E-state index < -0.39 is 6.10 Å². The zero-order valence-electron chi connectivity index (χ0n) is 11.5. The standard InChI is InChI=1S/C14H16FN3O2S/c1-9-8-21-13(18-9)7-17-14(20)16-6-12(19)10-2-4-11(15)5-3-10/h2-5,8,12,19H,6-7H2,1H3,(H2,16,17,20). The Kier molecular flexibility index (Phi) is 5.24. The van der Waals surface area contributed by atoms with Crippen molar-refractivity contribution in [2.24, 2.45) is 0 Å². The molecular weight excluding hydrogens is 293 g/mol. The second-order valence-electron chi connectivity index (χ2n) is 4.51. The van der Waals surface area contributed by atoms with E-state index in [0.717, 1.165) is 10.7 Å².